The first-order valence-electron chi connectivity index (χ1n) is 38.1. The monoisotopic (exact) mass is 1750 g/mol. The number of nitrogens with two attached hydrogens (primary N) is 2. The molecular weight excluding hydrogens is 1670 g/mol. The highest BCUT2D eigenvalue weighted by atomic mass is 32.7. The number of imidazole rings is 2. The van der Waals surface area contributed by atoms with Gasteiger partial charge in [0.2, 0.25) is 5.91 Å². The number of aliphatic hydroxyl groups excluding tert-OH is 3. The van der Waals surface area contributed by atoms with E-state index < -0.39 is 109 Å². The summed E-state index contributed by atoms with van der Waals surface area (Å²) in [5.41, 5.74) is 19.0. The summed E-state index contributed by atoms with van der Waals surface area (Å²) in [5.74, 6) is -0.685. The standard InChI is InChI=1S/C78H81N16O24P3S/c1-120(103,104)111-36-50(95)35-106-31-6-28-82-78(102)109-34-45-11-19-53(20-12-45)113-77(101)48-17-25-52(26-18-48)108-39-60(96)81-29-27-61(97)91-33-49-7-2-3-8-55(49)65-62(56-9-4-5-10-57(56)91)89-90-94(65)30-32-107-51-23-15-47(16-24-51)76(100)114-54-21-13-46(14-22-54)40-122-121(105)112-38-59-68(67(99)74(116-59)92-43-87-63-70(79)83-41-85-72(63)92)117-119-110-37-58-66(98)69(118-121)75(115-58)93-44-88-64-71(80)84-42-86-73(64)93/h2-5,7-26,41-44,50,58-59,66-69,74-75,95,98-99,119H,6,27-40H2,1H3,(H,81,96)(H,82,102)(H,103,104)(H2,79,83,85)(H2,80,84,86)/t50?,58-,59-,66-,67-,68-,69-,74-,75-,121-/m1/s1. The van der Waals surface area contributed by atoms with Gasteiger partial charge < -0.3 is 98.7 Å². The Hall–Kier alpha value is -11.3. The fourth-order valence-corrected chi connectivity index (χ4v) is 18.0. The Morgan fingerprint density at radius 2 is 1.31 bits per heavy atom. The SMILES string of the molecule is CP(=O)(O)OCC(O)COCCCNC(=O)OCc1ccc(OC(=O)c2ccc(OCC(=O)NCCC(=O)N3Cc4ccccc4-c4c(nnn4CCOc4ccc(C(=O)Oc5ccc(CS[P@]6(=O)OC[C@H]7O[C@@H](n8cnc9c(N)ncnc98)[C@H](O)[C@@H]7OPOC[C@H]7O[C@@H](n8cnc9c(N)ncnc98)[C@H](O6)[C@@H]7O)cc5)cc4)-c4ccccc43)cc2)cc1. The number of hydrogen-bond acceptors (Lipinski definition) is 34. The number of para-hydroxylation sites is 1. The quantitative estimate of drug-likeness (QED) is 0.00939. The first-order valence-corrected chi connectivity index (χ1v) is 44.0. The van der Waals surface area contributed by atoms with Crippen molar-refractivity contribution >= 4 is 104 Å². The molecule has 638 valence electrons. The average molecular weight is 1750 g/mol. The van der Waals surface area contributed by atoms with Crippen molar-refractivity contribution in [2.45, 2.75) is 93.5 Å². The van der Waals surface area contributed by atoms with Crippen LogP contribution in [0.2, 0.25) is 0 Å². The van der Waals surface area contributed by atoms with E-state index in [-0.39, 0.29) is 147 Å². The van der Waals surface area contributed by atoms with Gasteiger partial charge in [-0.05, 0) is 113 Å². The molecule has 44 heteroatoms. The number of benzene rings is 6. The Morgan fingerprint density at radius 1 is 0.689 bits per heavy atom. The molecule has 4 aliphatic heterocycles. The zero-order chi connectivity index (χ0) is 85.0. The third-order valence-electron chi connectivity index (χ3n) is 19.5. The van der Waals surface area contributed by atoms with Gasteiger partial charge in [-0.2, -0.15) is 0 Å². The van der Waals surface area contributed by atoms with Gasteiger partial charge >= 0.3 is 32.4 Å². The van der Waals surface area contributed by atoms with Crippen LogP contribution in [0, 0.1) is 0 Å². The van der Waals surface area contributed by atoms with Crippen LogP contribution in [-0.2, 0) is 85.7 Å². The van der Waals surface area contributed by atoms with Crippen LogP contribution in [0.15, 0.2) is 171 Å². The number of anilines is 3. The molecule has 10 N–H and O–H groups in total. The number of nitrogens with zero attached hydrogens (tertiary/aromatic N) is 12. The first-order chi connectivity index (χ1) is 59.0. The van der Waals surface area contributed by atoms with Crippen molar-refractivity contribution < 1.29 is 114 Å². The number of fused-ring (bicyclic) bond motifs is 10. The lowest BCUT2D eigenvalue weighted by Crippen LogP contribution is -2.36. The van der Waals surface area contributed by atoms with E-state index in [0.717, 1.165) is 29.2 Å². The molecule has 4 aliphatic rings. The fraction of sp³-hybridized carbons (Fsp3) is 0.321. The second-order valence-electron chi connectivity index (χ2n) is 28.0. The van der Waals surface area contributed by atoms with Crippen molar-refractivity contribution in [3.05, 3.63) is 199 Å². The number of aromatic nitrogens is 11. The number of amides is 3. The maximum absolute atomic E-state index is 15.4. The molecule has 0 saturated carbocycles. The summed E-state index contributed by atoms with van der Waals surface area (Å²) >= 11 is 0.793. The molecule has 9 heterocycles. The third kappa shape index (κ3) is 20.7. The van der Waals surface area contributed by atoms with E-state index in [0.29, 0.717) is 51.7 Å². The van der Waals surface area contributed by atoms with Gasteiger partial charge in [0.15, 0.2) is 51.0 Å². The van der Waals surface area contributed by atoms with Crippen molar-refractivity contribution in [3.8, 4) is 45.5 Å². The molecule has 0 radical (unpaired) electrons. The van der Waals surface area contributed by atoms with Crippen molar-refractivity contribution in [1.82, 2.24) is 64.7 Å². The Labute approximate surface area is 699 Å². The van der Waals surface area contributed by atoms with Crippen LogP contribution in [0.5, 0.6) is 23.0 Å². The van der Waals surface area contributed by atoms with Crippen molar-refractivity contribution in [2.75, 3.05) is 82.4 Å². The van der Waals surface area contributed by atoms with Gasteiger partial charge in [-0.15, -0.1) is 5.10 Å². The Balaban J connectivity index is 0.513. The summed E-state index contributed by atoms with van der Waals surface area (Å²) < 4.78 is 107. The number of esters is 2. The van der Waals surface area contributed by atoms with Gasteiger partial charge in [0, 0.05) is 49.7 Å². The summed E-state index contributed by atoms with van der Waals surface area (Å²) in [5, 5.41) is 48.0. The molecule has 6 aromatic carbocycles. The number of rotatable bonds is 30. The molecule has 3 amide bonds. The maximum Gasteiger partial charge on any atom is 0.407 e. The van der Waals surface area contributed by atoms with Gasteiger partial charge in [-0.25, -0.2) is 53.5 Å². The number of alkyl carbamates (subject to hydrolysis) is 1. The smallest absolute Gasteiger partial charge is 0.407 e. The zero-order valence-electron chi connectivity index (χ0n) is 64.7. The summed E-state index contributed by atoms with van der Waals surface area (Å²) in [4.78, 5) is 102. The number of hydrogen-bond donors (Lipinski definition) is 8. The molecule has 3 unspecified atom stereocenters. The Kier molecular flexibility index (Phi) is 27.2. The van der Waals surface area contributed by atoms with Gasteiger partial charge in [0.05, 0.1) is 74.7 Å². The predicted molar refractivity (Wildman–Crippen MR) is 436 cm³/mol. The molecule has 3 fully saturated rings. The van der Waals surface area contributed by atoms with Gasteiger partial charge in [-0.3, -0.25) is 32.3 Å². The summed E-state index contributed by atoms with van der Waals surface area (Å²) in [6.07, 6.45) is -5.97. The minimum atomic E-state index is -4.46. The molecule has 0 aliphatic carbocycles. The predicted octanol–water partition coefficient (Wildman–Crippen LogP) is 7.41. The minimum absolute atomic E-state index is 0.00211. The second-order valence-corrected chi connectivity index (χ2v) is 34.6. The summed E-state index contributed by atoms with van der Waals surface area (Å²) in [6.45, 7) is -4.05. The number of carbonyl (C=O) groups excluding carboxylic acids is 5. The molecule has 3 saturated heterocycles. The van der Waals surface area contributed by atoms with E-state index in [2.05, 4.69) is 55.4 Å². The van der Waals surface area contributed by atoms with E-state index >= 15 is 4.57 Å². The van der Waals surface area contributed by atoms with Crippen LogP contribution in [0.3, 0.4) is 0 Å². The highest BCUT2D eigenvalue weighted by Gasteiger charge is 2.53. The zero-order valence-corrected chi connectivity index (χ0v) is 68.4. The topological polar surface area (TPSA) is 518 Å². The lowest BCUT2D eigenvalue weighted by Gasteiger charge is -2.28. The van der Waals surface area contributed by atoms with E-state index in [1.165, 1.54) is 58.7 Å². The van der Waals surface area contributed by atoms with Crippen LogP contribution in [0.25, 0.3) is 44.8 Å². The highest BCUT2D eigenvalue weighted by Crippen LogP contribution is 2.65. The van der Waals surface area contributed by atoms with E-state index in [1.54, 1.807) is 82.4 Å². The maximum atomic E-state index is 15.4. The number of nitrogens with one attached hydrogen (secondary N) is 2. The Morgan fingerprint density at radius 3 is 1.99 bits per heavy atom. The van der Waals surface area contributed by atoms with Crippen molar-refractivity contribution in [3.63, 3.8) is 0 Å². The van der Waals surface area contributed by atoms with Crippen LogP contribution in [-0.4, -0.2) is 213 Å². The first kappa shape index (κ1) is 85.6. The number of nitrogen functional groups attached to an aromatic ring is 2. The van der Waals surface area contributed by atoms with E-state index in [9.17, 15) is 43.9 Å². The third-order valence-corrected chi connectivity index (χ3v) is 24.5. The van der Waals surface area contributed by atoms with E-state index in [4.69, 9.17) is 72.4 Å². The molecular formula is C78H81N16O24P3S. The molecule has 12 atom stereocenters. The van der Waals surface area contributed by atoms with E-state index in [1.807, 2.05) is 48.5 Å². The lowest BCUT2D eigenvalue weighted by molar-refractivity contribution is -0.123. The van der Waals surface area contributed by atoms with Crippen LogP contribution >= 0.6 is 34.8 Å². The van der Waals surface area contributed by atoms with Crippen molar-refractivity contribution in [1.29, 1.82) is 0 Å². The van der Waals surface area contributed by atoms with Crippen molar-refractivity contribution in [2.24, 2.45) is 0 Å². The number of carbonyl (C=O) groups is 5. The average Bonchev–Trinajstić information content (AvgIpc) is 1.61. The van der Waals surface area contributed by atoms with Crippen LogP contribution < -0.4 is 45.9 Å². The largest absolute Gasteiger partial charge is 0.492 e. The number of ether oxygens (including phenoxy) is 8. The van der Waals surface area contributed by atoms with Gasteiger partial charge in [-0.1, -0.05) is 71.9 Å². The highest BCUT2D eigenvalue weighted by molar-refractivity contribution is 8.54. The summed E-state index contributed by atoms with van der Waals surface area (Å²) in [6, 6.07) is 40.3. The number of aliphatic hydroxyl groups is 3. The van der Waals surface area contributed by atoms with Gasteiger partial charge in [0.25, 0.3) is 5.91 Å². The lowest BCUT2D eigenvalue weighted by atomic mass is 9.95. The normalized spacial score (nSPS) is 21.0. The molecule has 40 nitrogen and oxygen atoms in total. The molecule has 5 aromatic heterocycles. The Bertz CT molecular complexity index is 5660. The molecule has 0 spiro atoms. The van der Waals surface area contributed by atoms with Crippen LogP contribution in [0.4, 0.5) is 22.1 Å². The molecule has 15 rings (SSSR count). The van der Waals surface area contributed by atoms with Crippen LogP contribution in [0.1, 0.15) is 62.7 Å². The molecule has 122 heavy (non-hydrogen) atoms. The van der Waals surface area contributed by atoms with Gasteiger partial charge in [0.1, 0.15) is 108 Å². The minimum Gasteiger partial charge on any atom is -0.492 e. The summed E-state index contributed by atoms with van der Waals surface area (Å²) in [7, 11) is -4.41. The fourth-order valence-electron chi connectivity index (χ4n) is 13.5. The molecule has 11 aromatic rings. The second kappa shape index (κ2) is 38.8. The molecule has 2 bridgehead atoms.